The first-order chi connectivity index (χ1) is 11.0. The highest BCUT2D eigenvalue weighted by Crippen LogP contribution is 2.25. The number of aliphatic hydroxyl groups excluding tert-OH is 1. The summed E-state index contributed by atoms with van der Waals surface area (Å²) in [5.41, 5.74) is 1.65. The average Bonchev–Trinajstić information content (AvgIpc) is 2.53. The number of anilines is 1. The van der Waals surface area contributed by atoms with Gasteiger partial charge in [-0.15, -0.1) is 0 Å². The largest absolute Gasteiger partial charge is 0.391 e. The van der Waals surface area contributed by atoms with Crippen molar-refractivity contribution in [3.63, 3.8) is 0 Å². The Hall–Kier alpha value is -1.56. The number of rotatable bonds is 2. The van der Waals surface area contributed by atoms with Gasteiger partial charge in [-0.25, -0.2) is 0 Å². The topological polar surface area (TPSA) is 58.4 Å². The molecule has 1 fully saturated rings. The van der Waals surface area contributed by atoms with Crippen LogP contribution < -0.4 is 10.5 Å². The van der Waals surface area contributed by atoms with Gasteiger partial charge in [0.25, 0.3) is 5.56 Å². The molecule has 23 heavy (non-hydrogen) atoms. The molecule has 1 aliphatic heterocycles. The standard InChI is InChI=1S/C16H17Cl2N3O2/c1-10-4-5-11(7-13(10)17)21-16(23)15(18)14(8-19-21)20-6-2-3-12(22)9-20/h4-5,7-8,12,22H,2-3,6,9H2,1H3. The van der Waals surface area contributed by atoms with Crippen molar-refractivity contribution in [2.45, 2.75) is 25.9 Å². The van der Waals surface area contributed by atoms with E-state index < -0.39 is 11.7 Å². The first-order valence-corrected chi connectivity index (χ1v) is 8.20. The third-order valence-corrected chi connectivity index (χ3v) is 4.80. The van der Waals surface area contributed by atoms with Gasteiger partial charge in [0.2, 0.25) is 0 Å². The Morgan fingerprint density at radius 2 is 2.13 bits per heavy atom. The number of aryl methyl sites for hydroxylation is 1. The quantitative estimate of drug-likeness (QED) is 0.901. The Kier molecular flexibility index (Phi) is 4.62. The summed E-state index contributed by atoms with van der Waals surface area (Å²) < 4.78 is 1.23. The highest BCUT2D eigenvalue weighted by atomic mass is 35.5. The molecule has 1 saturated heterocycles. The molecule has 1 N–H and O–H groups in total. The lowest BCUT2D eigenvalue weighted by molar-refractivity contribution is 0.154. The van der Waals surface area contributed by atoms with Crippen molar-refractivity contribution in [3.05, 3.63) is 50.4 Å². The summed E-state index contributed by atoms with van der Waals surface area (Å²) in [6.07, 6.45) is 2.78. The summed E-state index contributed by atoms with van der Waals surface area (Å²) in [4.78, 5) is 14.4. The van der Waals surface area contributed by atoms with Crippen LogP contribution in [0.1, 0.15) is 18.4 Å². The molecule has 3 rings (SSSR count). The van der Waals surface area contributed by atoms with Crippen LogP contribution in [0.3, 0.4) is 0 Å². The molecule has 1 aliphatic rings. The van der Waals surface area contributed by atoms with Gasteiger partial charge < -0.3 is 10.0 Å². The zero-order valence-corrected chi connectivity index (χ0v) is 14.2. The molecule has 0 bridgehead atoms. The van der Waals surface area contributed by atoms with Crippen molar-refractivity contribution in [3.8, 4) is 5.69 Å². The van der Waals surface area contributed by atoms with E-state index in [9.17, 15) is 9.90 Å². The monoisotopic (exact) mass is 353 g/mol. The summed E-state index contributed by atoms with van der Waals surface area (Å²) in [5.74, 6) is 0. The number of aromatic nitrogens is 2. The smallest absolute Gasteiger partial charge is 0.292 e. The number of nitrogens with zero attached hydrogens (tertiary/aromatic N) is 3. The van der Waals surface area contributed by atoms with E-state index in [4.69, 9.17) is 23.2 Å². The van der Waals surface area contributed by atoms with Gasteiger partial charge in [0.1, 0.15) is 5.02 Å². The summed E-state index contributed by atoms with van der Waals surface area (Å²) in [5, 5.41) is 14.7. The van der Waals surface area contributed by atoms with Gasteiger partial charge in [0, 0.05) is 18.1 Å². The third kappa shape index (κ3) is 3.22. The van der Waals surface area contributed by atoms with Gasteiger partial charge in [0.15, 0.2) is 0 Å². The van der Waals surface area contributed by atoms with Crippen molar-refractivity contribution in [1.29, 1.82) is 0 Å². The molecule has 0 aliphatic carbocycles. The van der Waals surface area contributed by atoms with Gasteiger partial charge in [-0.1, -0.05) is 29.3 Å². The minimum atomic E-state index is -0.404. The summed E-state index contributed by atoms with van der Waals surface area (Å²) in [6.45, 7) is 3.10. The van der Waals surface area contributed by atoms with E-state index in [2.05, 4.69) is 5.10 Å². The van der Waals surface area contributed by atoms with E-state index in [1.807, 2.05) is 17.9 Å². The van der Waals surface area contributed by atoms with Gasteiger partial charge >= 0.3 is 0 Å². The molecular formula is C16H17Cl2N3O2. The fourth-order valence-electron chi connectivity index (χ4n) is 2.72. The minimum Gasteiger partial charge on any atom is -0.391 e. The Morgan fingerprint density at radius 1 is 1.35 bits per heavy atom. The summed E-state index contributed by atoms with van der Waals surface area (Å²) in [6, 6.07) is 5.29. The second kappa shape index (κ2) is 6.51. The van der Waals surface area contributed by atoms with Crippen LogP contribution in [0.25, 0.3) is 5.69 Å². The van der Waals surface area contributed by atoms with Gasteiger partial charge in [-0.2, -0.15) is 9.78 Å². The first-order valence-electron chi connectivity index (χ1n) is 7.44. The lowest BCUT2D eigenvalue weighted by Gasteiger charge is -2.32. The Bertz CT molecular complexity index is 791. The average molecular weight is 354 g/mol. The lowest BCUT2D eigenvalue weighted by Crippen LogP contribution is -2.39. The summed E-state index contributed by atoms with van der Waals surface area (Å²) >= 11 is 12.4. The second-order valence-corrected chi connectivity index (χ2v) is 6.52. The highest BCUT2D eigenvalue weighted by Gasteiger charge is 2.22. The van der Waals surface area contributed by atoms with Gasteiger partial charge in [-0.05, 0) is 37.5 Å². The molecule has 5 nitrogen and oxygen atoms in total. The van der Waals surface area contributed by atoms with E-state index >= 15 is 0 Å². The van der Waals surface area contributed by atoms with Gasteiger partial charge in [0.05, 0.1) is 23.7 Å². The number of aliphatic hydroxyl groups is 1. The van der Waals surface area contributed by atoms with E-state index in [-0.39, 0.29) is 5.02 Å². The number of hydrogen-bond acceptors (Lipinski definition) is 4. The molecule has 2 aromatic rings. The van der Waals surface area contributed by atoms with E-state index in [1.165, 1.54) is 4.68 Å². The van der Waals surface area contributed by atoms with Crippen molar-refractivity contribution < 1.29 is 5.11 Å². The maximum Gasteiger partial charge on any atom is 0.292 e. The fraction of sp³-hybridized carbons (Fsp3) is 0.375. The molecule has 0 radical (unpaired) electrons. The molecule has 0 saturated carbocycles. The molecule has 1 aromatic carbocycles. The predicted octanol–water partition coefficient (Wildman–Crippen LogP) is 2.81. The SMILES string of the molecule is Cc1ccc(-n2ncc(N3CCCC(O)C3)c(Cl)c2=O)cc1Cl. The maximum atomic E-state index is 12.5. The van der Waals surface area contributed by atoms with E-state index in [1.54, 1.807) is 18.3 Å². The zero-order valence-electron chi connectivity index (χ0n) is 12.7. The fourth-order valence-corrected chi connectivity index (χ4v) is 3.14. The van der Waals surface area contributed by atoms with Crippen LogP contribution in [0.4, 0.5) is 5.69 Å². The maximum absolute atomic E-state index is 12.5. The molecular weight excluding hydrogens is 337 g/mol. The molecule has 0 amide bonds. The second-order valence-electron chi connectivity index (χ2n) is 5.74. The lowest BCUT2D eigenvalue weighted by atomic mass is 10.1. The number of halogens is 2. The molecule has 0 spiro atoms. The molecule has 7 heteroatoms. The van der Waals surface area contributed by atoms with Crippen molar-refractivity contribution >= 4 is 28.9 Å². The zero-order chi connectivity index (χ0) is 16.6. The summed E-state index contributed by atoms with van der Waals surface area (Å²) in [7, 11) is 0. The predicted molar refractivity (Wildman–Crippen MR) is 92.0 cm³/mol. The van der Waals surface area contributed by atoms with Crippen LogP contribution in [0.2, 0.25) is 10.0 Å². The van der Waals surface area contributed by atoms with Crippen LogP contribution in [-0.4, -0.2) is 34.1 Å². The molecule has 122 valence electrons. The Morgan fingerprint density at radius 3 is 2.83 bits per heavy atom. The van der Waals surface area contributed by atoms with Crippen LogP contribution in [-0.2, 0) is 0 Å². The number of piperidine rings is 1. The Balaban J connectivity index is 2.00. The van der Waals surface area contributed by atoms with Crippen molar-refractivity contribution in [1.82, 2.24) is 9.78 Å². The number of β-amino-alcohol motifs (C(OH)–C–C–N with tert-alkyl or cyclic N) is 1. The number of hydrogen-bond donors (Lipinski definition) is 1. The van der Waals surface area contributed by atoms with Crippen LogP contribution >= 0.6 is 23.2 Å². The highest BCUT2D eigenvalue weighted by molar-refractivity contribution is 6.33. The van der Waals surface area contributed by atoms with E-state index in [0.29, 0.717) is 22.9 Å². The number of benzene rings is 1. The first kappa shape index (κ1) is 16.3. The molecule has 1 unspecified atom stereocenters. The molecule has 2 heterocycles. The normalized spacial score (nSPS) is 18.3. The van der Waals surface area contributed by atoms with Crippen molar-refractivity contribution in [2.24, 2.45) is 0 Å². The third-order valence-electron chi connectivity index (χ3n) is 4.04. The molecule has 1 aromatic heterocycles. The van der Waals surface area contributed by atoms with Crippen LogP contribution in [0.15, 0.2) is 29.2 Å². The van der Waals surface area contributed by atoms with E-state index in [0.717, 1.165) is 24.9 Å². The van der Waals surface area contributed by atoms with Crippen molar-refractivity contribution in [2.75, 3.05) is 18.0 Å². The van der Waals surface area contributed by atoms with Gasteiger partial charge in [-0.3, -0.25) is 4.79 Å². The minimum absolute atomic E-state index is 0.103. The van der Waals surface area contributed by atoms with Crippen LogP contribution in [0.5, 0.6) is 0 Å². The van der Waals surface area contributed by atoms with Crippen LogP contribution in [0, 0.1) is 6.92 Å². The Labute approximate surface area is 144 Å². The molecule has 1 atom stereocenters.